The molecule has 0 bridgehead atoms. The van der Waals surface area contributed by atoms with Crippen LogP contribution in [0.4, 0.5) is 18.9 Å². The first kappa shape index (κ1) is 10.4. The van der Waals surface area contributed by atoms with Crippen LogP contribution in [0, 0.1) is 0 Å². The van der Waals surface area contributed by atoms with Gasteiger partial charge in [-0.25, -0.2) is 0 Å². The van der Waals surface area contributed by atoms with Gasteiger partial charge in [0.05, 0.1) is 11.4 Å². The van der Waals surface area contributed by atoms with Crippen molar-refractivity contribution < 1.29 is 13.2 Å². The van der Waals surface area contributed by atoms with Gasteiger partial charge in [0.2, 0.25) is 0 Å². The van der Waals surface area contributed by atoms with Crippen LogP contribution in [0.3, 0.4) is 0 Å². The summed E-state index contributed by atoms with van der Waals surface area (Å²) in [6, 6.07) is 4.54. The molecule has 0 heterocycles. The van der Waals surface area contributed by atoms with Gasteiger partial charge in [-0.1, -0.05) is 6.58 Å². The van der Waals surface area contributed by atoms with E-state index in [2.05, 4.69) is 11.9 Å². The topological polar surface area (TPSA) is 38.0 Å². The van der Waals surface area contributed by atoms with E-state index in [0.29, 0.717) is 5.69 Å². The highest BCUT2D eigenvalue weighted by Gasteiger charge is 2.29. The third-order valence-corrected chi connectivity index (χ3v) is 1.52. The second kappa shape index (κ2) is 3.61. The van der Waals surface area contributed by atoms with Gasteiger partial charge >= 0.3 is 6.18 Å². The predicted molar refractivity (Wildman–Crippen MR) is 48.4 cm³/mol. The summed E-state index contributed by atoms with van der Waals surface area (Å²) in [6.45, 7) is 3.37. The molecule has 0 aliphatic carbocycles. The van der Waals surface area contributed by atoms with E-state index in [1.165, 1.54) is 12.1 Å². The lowest BCUT2D eigenvalue weighted by molar-refractivity contribution is -0.137. The number of alkyl halides is 3. The molecule has 0 amide bonds. The monoisotopic (exact) mass is 202 g/mol. The van der Waals surface area contributed by atoms with Crippen molar-refractivity contribution >= 4 is 5.69 Å². The lowest BCUT2D eigenvalue weighted by Crippen LogP contribution is -2.08. The summed E-state index contributed by atoms with van der Waals surface area (Å²) in [6.07, 6.45) is -4.31. The Morgan fingerprint density at radius 2 is 1.71 bits per heavy atom. The fraction of sp³-hybridized carbons (Fsp3) is 0.111. The first-order chi connectivity index (χ1) is 6.39. The van der Waals surface area contributed by atoms with Crippen LogP contribution in [-0.2, 0) is 6.18 Å². The van der Waals surface area contributed by atoms with Gasteiger partial charge in [-0.05, 0) is 24.3 Å². The molecule has 0 atom stereocenters. The van der Waals surface area contributed by atoms with E-state index in [0.717, 1.165) is 12.1 Å². The van der Waals surface area contributed by atoms with E-state index < -0.39 is 11.7 Å². The summed E-state index contributed by atoms with van der Waals surface area (Å²) in [5.74, 6) is 0.185. The Kier molecular flexibility index (Phi) is 2.69. The quantitative estimate of drug-likeness (QED) is 0.773. The molecule has 1 rings (SSSR count). The van der Waals surface area contributed by atoms with Gasteiger partial charge in [0.25, 0.3) is 0 Å². The molecule has 1 aromatic rings. The maximum absolute atomic E-state index is 12.1. The number of nitrogens with two attached hydrogens (primary N) is 1. The van der Waals surface area contributed by atoms with E-state index in [1.807, 2.05) is 0 Å². The zero-order valence-corrected chi connectivity index (χ0v) is 7.23. The SMILES string of the molecule is C=C(N)Nc1ccc(C(F)(F)F)cc1. The van der Waals surface area contributed by atoms with Crippen molar-refractivity contribution in [2.24, 2.45) is 5.73 Å². The van der Waals surface area contributed by atoms with Gasteiger partial charge in [0.1, 0.15) is 0 Å². The first-order valence-corrected chi connectivity index (χ1v) is 3.78. The Labute approximate surface area is 79.2 Å². The zero-order chi connectivity index (χ0) is 10.8. The molecule has 3 N–H and O–H groups in total. The van der Waals surface area contributed by atoms with Crippen molar-refractivity contribution in [3.05, 3.63) is 42.2 Å². The molecule has 14 heavy (non-hydrogen) atoms. The second-order valence-electron chi connectivity index (χ2n) is 2.73. The number of nitrogens with one attached hydrogen (secondary N) is 1. The zero-order valence-electron chi connectivity index (χ0n) is 7.23. The van der Waals surface area contributed by atoms with E-state index in [-0.39, 0.29) is 5.82 Å². The molecule has 1 aromatic carbocycles. The smallest absolute Gasteiger partial charge is 0.386 e. The predicted octanol–water partition coefficient (Wildman–Crippen LogP) is 2.55. The third kappa shape index (κ3) is 2.69. The minimum Gasteiger partial charge on any atom is -0.386 e. The molecule has 2 nitrogen and oxygen atoms in total. The summed E-state index contributed by atoms with van der Waals surface area (Å²) < 4.78 is 36.4. The molecule has 0 unspecified atom stereocenters. The fourth-order valence-corrected chi connectivity index (χ4v) is 0.928. The van der Waals surface area contributed by atoms with Crippen molar-refractivity contribution in [2.75, 3.05) is 5.32 Å². The summed E-state index contributed by atoms with van der Waals surface area (Å²) >= 11 is 0. The number of anilines is 1. The largest absolute Gasteiger partial charge is 0.416 e. The van der Waals surface area contributed by atoms with Crippen LogP contribution in [0.15, 0.2) is 36.7 Å². The van der Waals surface area contributed by atoms with Crippen LogP contribution < -0.4 is 11.1 Å². The molecule has 0 saturated carbocycles. The average Bonchev–Trinajstić information content (AvgIpc) is 2.02. The van der Waals surface area contributed by atoms with Gasteiger partial charge in [-0.2, -0.15) is 13.2 Å². The number of rotatable bonds is 2. The van der Waals surface area contributed by atoms with Gasteiger partial charge in [-0.3, -0.25) is 0 Å². The maximum atomic E-state index is 12.1. The average molecular weight is 202 g/mol. The van der Waals surface area contributed by atoms with Crippen LogP contribution in [-0.4, -0.2) is 0 Å². The Bertz CT molecular complexity index is 327. The normalized spacial score (nSPS) is 11.1. The molecule has 5 heteroatoms. The second-order valence-corrected chi connectivity index (χ2v) is 2.73. The number of halogens is 3. The molecule has 76 valence electrons. The molecular formula is C9H9F3N2. The first-order valence-electron chi connectivity index (χ1n) is 3.78. The molecule has 0 saturated heterocycles. The molecule has 0 aliphatic heterocycles. The summed E-state index contributed by atoms with van der Waals surface area (Å²) in [4.78, 5) is 0. The molecule has 0 aromatic heterocycles. The number of hydrogen-bond donors (Lipinski definition) is 2. The highest BCUT2D eigenvalue weighted by molar-refractivity contribution is 5.48. The Morgan fingerprint density at radius 1 is 1.21 bits per heavy atom. The van der Waals surface area contributed by atoms with Crippen LogP contribution in [0.25, 0.3) is 0 Å². The van der Waals surface area contributed by atoms with Gasteiger partial charge in [0, 0.05) is 5.69 Å². The minimum atomic E-state index is -4.31. The van der Waals surface area contributed by atoms with Crippen molar-refractivity contribution in [1.29, 1.82) is 0 Å². The summed E-state index contributed by atoms with van der Waals surface area (Å²) in [5.41, 5.74) is 5.01. The van der Waals surface area contributed by atoms with E-state index in [4.69, 9.17) is 5.73 Å². The molecule has 0 fully saturated rings. The van der Waals surface area contributed by atoms with E-state index >= 15 is 0 Å². The van der Waals surface area contributed by atoms with E-state index in [9.17, 15) is 13.2 Å². The fourth-order valence-electron chi connectivity index (χ4n) is 0.928. The van der Waals surface area contributed by atoms with E-state index in [1.54, 1.807) is 0 Å². The van der Waals surface area contributed by atoms with Crippen LogP contribution in [0.2, 0.25) is 0 Å². The highest BCUT2D eigenvalue weighted by atomic mass is 19.4. The number of hydrogen-bond acceptors (Lipinski definition) is 2. The Hall–Kier alpha value is -1.65. The van der Waals surface area contributed by atoms with Crippen molar-refractivity contribution in [3.8, 4) is 0 Å². The molecular weight excluding hydrogens is 193 g/mol. The molecule has 0 spiro atoms. The molecule has 0 radical (unpaired) electrons. The van der Waals surface area contributed by atoms with Gasteiger partial charge in [0.15, 0.2) is 0 Å². The number of benzene rings is 1. The Balaban J connectivity index is 2.84. The Morgan fingerprint density at radius 3 is 2.07 bits per heavy atom. The maximum Gasteiger partial charge on any atom is 0.416 e. The van der Waals surface area contributed by atoms with Crippen molar-refractivity contribution in [1.82, 2.24) is 0 Å². The standard InChI is InChI=1S/C9H9F3N2/c1-6(13)14-8-4-2-7(3-5-8)9(10,11)12/h2-5,14H,1,13H2. The minimum absolute atomic E-state index is 0.185. The van der Waals surface area contributed by atoms with Crippen LogP contribution in [0.5, 0.6) is 0 Å². The van der Waals surface area contributed by atoms with Crippen LogP contribution in [0.1, 0.15) is 5.56 Å². The van der Waals surface area contributed by atoms with Crippen LogP contribution >= 0.6 is 0 Å². The lowest BCUT2D eigenvalue weighted by atomic mass is 10.2. The highest BCUT2D eigenvalue weighted by Crippen LogP contribution is 2.29. The summed E-state index contributed by atoms with van der Waals surface area (Å²) in [7, 11) is 0. The summed E-state index contributed by atoms with van der Waals surface area (Å²) in [5, 5.41) is 2.60. The van der Waals surface area contributed by atoms with Gasteiger partial charge < -0.3 is 11.1 Å². The van der Waals surface area contributed by atoms with Gasteiger partial charge in [-0.15, -0.1) is 0 Å². The lowest BCUT2D eigenvalue weighted by Gasteiger charge is -2.08. The van der Waals surface area contributed by atoms with Crippen molar-refractivity contribution in [3.63, 3.8) is 0 Å². The van der Waals surface area contributed by atoms with Crippen molar-refractivity contribution in [2.45, 2.75) is 6.18 Å². The molecule has 0 aliphatic rings. The third-order valence-electron chi connectivity index (χ3n) is 1.52.